The zero-order valence-corrected chi connectivity index (χ0v) is 4.65. The molecule has 1 N–H and O–H groups in total. The van der Waals surface area contributed by atoms with Crippen LogP contribution in [0, 0.1) is 0 Å². The largest absolute Gasteiger partial charge is 0.301 e. The zero-order valence-electron chi connectivity index (χ0n) is 4.65. The van der Waals surface area contributed by atoms with Gasteiger partial charge < -0.3 is 5.32 Å². The fourth-order valence-electron chi connectivity index (χ4n) is 0.887. The van der Waals surface area contributed by atoms with Gasteiger partial charge in [0.15, 0.2) is 0 Å². The Hall–Kier alpha value is -0.0800. The molecule has 0 aromatic carbocycles. The van der Waals surface area contributed by atoms with E-state index in [1.165, 1.54) is 12.8 Å². The summed E-state index contributed by atoms with van der Waals surface area (Å²) in [7, 11) is 1.86. The lowest BCUT2D eigenvalue weighted by Crippen LogP contribution is -2.28. The summed E-state index contributed by atoms with van der Waals surface area (Å²) in [6.07, 6.45) is 3.00. The first kappa shape index (κ1) is 5.06. The van der Waals surface area contributed by atoms with Crippen LogP contribution in [0.25, 0.3) is 0 Å². The van der Waals surface area contributed by atoms with Crippen LogP contribution in [0.1, 0.15) is 12.8 Å². The van der Waals surface area contributed by atoms with Gasteiger partial charge in [0.05, 0.1) is 6.17 Å². The summed E-state index contributed by atoms with van der Waals surface area (Å²) in [5, 5.41) is 7.32. The third-order valence-electron chi connectivity index (χ3n) is 1.35. The first-order chi connectivity index (χ1) is 3.43. The summed E-state index contributed by atoms with van der Waals surface area (Å²) in [6.45, 7) is 1.15. The van der Waals surface area contributed by atoms with E-state index in [0.717, 1.165) is 6.54 Å². The van der Waals surface area contributed by atoms with Crippen molar-refractivity contribution in [3.05, 3.63) is 0 Å². The highest BCUT2D eigenvalue weighted by Gasteiger charge is 2.10. The average molecular weight is 99.2 g/mol. The van der Waals surface area contributed by atoms with E-state index in [1.54, 1.807) is 0 Å². The Labute approximate surface area is 44.3 Å². The molecule has 41 valence electrons. The SMILES string of the molecule is C[N][C@@H]1CCCN1. The molecule has 0 spiro atoms. The molecule has 0 amide bonds. The summed E-state index contributed by atoms with van der Waals surface area (Å²) in [5.74, 6) is 0. The van der Waals surface area contributed by atoms with Gasteiger partial charge in [-0.25, -0.2) is 5.32 Å². The van der Waals surface area contributed by atoms with Crippen molar-refractivity contribution in [1.29, 1.82) is 0 Å². The standard InChI is InChI=1S/C5H11N2/c1-6-5-3-2-4-7-5/h5,7H,2-4H2,1H3/t5-/m0/s1. The zero-order chi connectivity index (χ0) is 5.11. The van der Waals surface area contributed by atoms with Crippen molar-refractivity contribution in [1.82, 2.24) is 10.6 Å². The molecule has 1 aliphatic heterocycles. The van der Waals surface area contributed by atoms with E-state index in [-0.39, 0.29) is 0 Å². The summed E-state index contributed by atoms with van der Waals surface area (Å²) in [6, 6.07) is 0. The second kappa shape index (κ2) is 2.28. The van der Waals surface area contributed by atoms with E-state index >= 15 is 0 Å². The lowest BCUT2D eigenvalue weighted by Gasteiger charge is -2.02. The minimum atomic E-state index is 0.472. The molecule has 1 rings (SSSR count). The minimum Gasteiger partial charge on any atom is -0.301 e. The summed E-state index contributed by atoms with van der Waals surface area (Å²) >= 11 is 0. The molecule has 7 heavy (non-hydrogen) atoms. The average Bonchev–Trinajstić information content (AvgIpc) is 2.14. The lowest BCUT2D eigenvalue weighted by molar-refractivity contribution is 0.521. The highest BCUT2D eigenvalue weighted by atomic mass is 15.1. The number of nitrogens with one attached hydrogen (secondary N) is 1. The maximum atomic E-state index is 4.08. The van der Waals surface area contributed by atoms with Crippen molar-refractivity contribution in [2.45, 2.75) is 19.0 Å². The Kier molecular flexibility index (Phi) is 1.65. The van der Waals surface area contributed by atoms with Crippen LogP contribution in [0.4, 0.5) is 0 Å². The van der Waals surface area contributed by atoms with E-state index in [2.05, 4.69) is 10.6 Å². The Morgan fingerprint density at radius 3 is 2.86 bits per heavy atom. The van der Waals surface area contributed by atoms with Gasteiger partial charge in [-0.2, -0.15) is 0 Å². The third-order valence-corrected chi connectivity index (χ3v) is 1.35. The number of hydrogen-bond acceptors (Lipinski definition) is 1. The van der Waals surface area contributed by atoms with Crippen LogP contribution in [-0.2, 0) is 0 Å². The summed E-state index contributed by atoms with van der Waals surface area (Å²) in [4.78, 5) is 0. The third kappa shape index (κ3) is 1.14. The van der Waals surface area contributed by atoms with Gasteiger partial charge in [0, 0.05) is 7.05 Å². The molecule has 1 heterocycles. The van der Waals surface area contributed by atoms with Crippen LogP contribution < -0.4 is 10.6 Å². The quantitative estimate of drug-likeness (QED) is 0.489. The van der Waals surface area contributed by atoms with Crippen molar-refractivity contribution in [3.63, 3.8) is 0 Å². The van der Waals surface area contributed by atoms with Gasteiger partial charge in [-0.3, -0.25) is 0 Å². The predicted octanol–water partition coefficient (Wildman–Crippen LogP) is -0.0699. The first-order valence-electron chi connectivity index (χ1n) is 2.76. The summed E-state index contributed by atoms with van der Waals surface area (Å²) < 4.78 is 0. The predicted molar refractivity (Wildman–Crippen MR) is 29.1 cm³/mol. The van der Waals surface area contributed by atoms with E-state index in [4.69, 9.17) is 0 Å². The second-order valence-electron chi connectivity index (χ2n) is 1.87. The molecular weight excluding hydrogens is 88.1 g/mol. The van der Waals surface area contributed by atoms with Crippen LogP contribution in [0.5, 0.6) is 0 Å². The molecule has 1 aliphatic rings. The van der Waals surface area contributed by atoms with Gasteiger partial charge >= 0.3 is 0 Å². The van der Waals surface area contributed by atoms with Crippen molar-refractivity contribution in [2.24, 2.45) is 0 Å². The van der Waals surface area contributed by atoms with Crippen molar-refractivity contribution in [2.75, 3.05) is 13.6 Å². The van der Waals surface area contributed by atoms with E-state index < -0.39 is 0 Å². The molecule has 1 atom stereocenters. The smallest absolute Gasteiger partial charge is 0.0733 e. The fourth-order valence-corrected chi connectivity index (χ4v) is 0.887. The highest BCUT2D eigenvalue weighted by Crippen LogP contribution is 2.00. The van der Waals surface area contributed by atoms with Crippen molar-refractivity contribution in [3.8, 4) is 0 Å². The number of rotatable bonds is 1. The molecule has 0 aliphatic carbocycles. The van der Waals surface area contributed by atoms with Gasteiger partial charge in [0.25, 0.3) is 0 Å². The van der Waals surface area contributed by atoms with Crippen LogP contribution in [-0.4, -0.2) is 19.8 Å². The van der Waals surface area contributed by atoms with Crippen LogP contribution >= 0.6 is 0 Å². The molecule has 0 unspecified atom stereocenters. The van der Waals surface area contributed by atoms with Gasteiger partial charge in [0.2, 0.25) is 0 Å². The van der Waals surface area contributed by atoms with Crippen molar-refractivity contribution < 1.29 is 0 Å². The molecule has 1 saturated heterocycles. The molecule has 0 saturated carbocycles. The molecule has 0 aromatic heterocycles. The maximum Gasteiger partial charge on any atom is 0.0733 e. The molecule has 2 heteroatoms. The van der Waals surface area contributed by atoms with Gasteiger partial charge in [0.1, 0.15) is 0 Å². The maximum absolute atomic E-state index is 4.08. The molecule has 1 radical (unpaired) electrons. The van der Waals surface area contributed by atoms with Crippen LogP contribution in [0.2, 0.25) is 0 Å². The van der Waals surface area contributed by atoms with Gasteiger partial charge in [-0.05, 0) is 19.4 Å². The Morgan fingerprint density at radius 2 is 2.57 bits per heavy atom. The monoisotopic (exact) mass is 99.1 g/mol. The molecule has 0 bridgehead atoms. The van der Waals surface area contributed by atoms with Crippen molar-refractivity contribution >= 4 is 0 Å². The first-order valence-corrected chi connectivity index (χ1v) is 2.76. The van der Waals surface area contributed by atoms with Crippen LogP contribution in [0.3, 0.4) is 0 Å². The van der Waals surface area contributed by atoms with E-state index in [1.807, 2.05) is 7.05 Å². The minimum absolute atomic E-state index is 0.472. The second-order valence-corrected chi connectivity index (χ2v) is 1.87. The normalized spacial score (nSPS) is 31.3. The van der Waals surface area contributed by atoms with Gasteiger partial charge in [-0.1, -0.05) is 0 Å². The van der Waals surface area contributed by atoms with Gasteiger partial charge in [-0.15, -0.1) is 0 Å². The Morgan fingerprint density at radius 1 is 1.71 bits per heavy atom. The topological polar surface area (TPSA) is 26.1 Å². The highest BCUT2D eigenvalue weighted by molar-refractivity contribution is 4.68. The molecule has 2 nitrogen and oxygen atoms in total. The Balaban J connectivity index is 2.14. The van der Waals surface area contributed by atoms with E-state index in [0.29, 0.717) is 6.17 Å². The number of hydrogen-bond donors (Lipinski definition) is 1. The molecule has 0 aromatic rings. The van der Waals surface area contributed by atoms with E-state index in [9.17, 15) is 0 Å². The molecule has 1 fully saturated rings. The molecular formula is C5H11N2. The number of nitrogens with zero attached hydrogens (tertiary/aromatic N) is 1. The Bertz CT molecular complexity index is 48.0. The fraction of sp³-hybridized carbons (Fsp3) is 1.00. The lowest BCUT2D eigenvalue weighted by atomic mass is 10.3. The van der Waals surface area contributed by atoms with Crippen LogP contribution in [0.15, 0.2) is 0 Å². The summed E-state index contributed by atoms with van der Waals surface area (Å²) in [5.41, 5.74) is 0.